The van der Waals surface area contributed by atoms with Crippen LogP contribution >= 0.6 is 8.25 Å². The van der Waals surface area contributed by atoms with Crippen LogP contribution in [-0.2, 0) is 13.6 Å². The molecule has 0 aliphatic rings. The molecule has 0 saturated heterocycles. The molecule has 32 heavy (non-hydrogen) atoms. The van der Waals surface area contributed by atoms with Crippen molar-refractivity contribution in [3.05, 3.63) is 0 Å². The molecule has 0 aliphatic carbocycles. The Labute approximate surface area is 203 Å². The maximum absolute atomic E-state index is 11.7. The quantitative estimate of drug-likeness (QED) is 0.0837. The van der Waals surface area contributed by atoms with Crippen LogP contribution in [0.15, 0.2) is 0 Å². The molecule has 0 N–H and O–H groups in total. The fourth-order valence-corrected chi connectivity index (χ4v) is 4.83. The van der Waals surface area contributed by atoms with E-state index in [-0.39, 0.29) is 0 Å². The molecule has 4 heteroatoms. The second-order valence-electron chi connectivity index (χ2n) is 9.67. The second-order valence-corrected chi connectivity index (χ2v) is 10.6. The summed E-state index contributed by atoms with van der Waals surface area (Å²) in [5.41, 5.74) is 0. The molecule has 0 aromatic carbocycles. The first-order chi connectivity index (χ1) is 15.8. The lowest BCUT2D eigenvalue weighted by Gasteiger charge is -2.05. The van der Waals surface area contributed by atoms with Crippen LogP contribution < -0.4 is 0 Å². The average Bonchev–Trinajstić information content (AvgIpc) is 2.80. The lowest BCUT2D eigenvalue weighted by atomic mass is 10.1. The van der Waals surface area contributed by atoms with Crippen molar-refractivity contribution in [1.82, 2.24) is 0 Å². The lowest BCUT2D eigenvalue weighted by Crippen LogP contribution is -1.92. The summed E-state index contributed by atoms with van der Waals surface area (Å²) in [5.74, 6) is 0. The van der Waals surface area contributed by atoms with Crippen molar-refractivity contribution >= 4 is 8.25 Å². The van der Waals surface area contributed by atoms with E-state index in [2.05, 4.69) is 13.8 Å². The Hall–Kier alpha value is 0.0200. The minimum absolute atomic E-state index is 0.574. The molecule has 0 aromatic heterocycles. The monoisotopic (exact) mass is 473 g/mol. The van der Waals surface area contributed by atoms with Gasteiger partial charge in [0.05, 0.1) is 13.2 Å². The molecule has 0 aromatic rings. The predicted molar refractivity (Wildman–Crippen MR) is 142 cm³/mol. The molecule has 193 valence electrons. The van der Waals surface area contributed by atoms with E-state index in [9.17, 15) is 4.57 Å². The Bertz CT molecular complexity index is 331. The summed E-state index contributed by atoms with van der Waals surface area (Å²) >= 11 is 0. The Morgan fingerprint density at radius 3 is 0.844 bits per heavy atom. The summed E-state index contributed by atoms with van der Waals surface area (Å²) in [7, 11) is -1.91. The molecule has 0 heterocycles. The van der Waals surface area contributed by atoms with Crippen LogP contribution in [0, 0.1) is 0 Å². The summed E-state index contributed by atoms with van der Waals surface area (Å²) in [6, 6.07) is 0. The predicted octanol–water partition coefficient (Wildman–Crippen LogP) is 11.1. The van der Waals surface area contributed by atoms with Gasteiger partial charge in [-0.25, -0.2) is 4.57 Å². The zero-order chi connectivity index (χ0) is 23.4. The van der Waals surface area contributed by atoms with Gasteiger partial charge in [-0.2, -0.15) is 0 Å². The van der Waals surface area contributed by atoms with Gasteiger partial charge in [-0.15, -0.1) is 0 Å². The van der Waals surface area contributed by atoms with E-state index < -0.39 is 8.25 Å². The first kappa shape index (κ1) is 32.0. The molecule has 0 bridgehead atoms. The highest BCUT2D eigenvalue weighted by Crippen LogP contribution is 2.25. The summed E-state index contributed by atoms with van der Waals surface area (Å²) in [5, 5.41) is 0. The molecule has 0 saturated carbocycles. The van der Waals surface area contributed by atoms with Crippen molar-refractivity contribution in [2.24, 2.45) is 0 Å². The highest BCUT2D eigenvalue weighted by molar-refractivity contribution is 7.33. The molecule has 0 aliphatic heterocycles. The Morgan fingerprint density at radius 1 is 0.375 bits per heavy atom. The Kier molecular flexibility index (Phi) is 29.1. The molecule has 3 nitrogen and oxygen atoms in total. The zero-order valence-electron chi connectivity index (χ0n) is 22.1. The third-order valence-electron chi connectivity index (χ3n) is 6.39. The minimum Gasteiger partial charge on any atom is -0.283 e. The molecule has 0 rings (SSSR count). The number of rotatable bonds is 28. The van der Waals surface area contributed by atoms with Gasteiger partial charge in [0.2, 0.25) is 0 Å². The van der Waals surface area contributed by atoms with Crippen molar-refractivity contribution in [1.29, 1.82) is 0 Å². The highest BCUT2D eigenvalue weighted by Gasteiger charge is 2.02. The molecule has 1 radical (unpaired) electrons. The van der Waals surface area contributed by atoms with Gasteiger partial charge >= 0.3 is 8.25 Å². The topological polar surface area (TPSA) is 35.5 Å². The average molecular weight is 474 g/mol. The van der Waals surface area contributed by atoms with Crippen molar-refractivity contribution in [2.45, 2.75) is 168 Å². The zero-order valence-corrected chi connectivity index (χ0v) is 23.0. The van der Waals surface area contributed by atoms with Crippen LogP contribution in [0.4, 0.5) is 0 Å². The first-order valence-corrected chi connectivity index (χ1v) is 15.6. The highest BCUT2D eigenvalue weighted by atomic mass is 31.1. The van der Waals surface area contributed by atoms with Crippen LogP contribution in [0.2, 0.25) is 0 Å². The molecular weight excluding hydrogens is 415 g/mol. The van der Waals surface area contributed by atoms with E-state index in [1.807, 2.05) is 0 Å². The first-order valence-electron chi connectivity index (χ1n) is 14.5. The van der Waals surface area contributed by atoms with E-state index in [0.717, 1.165) is 12.8 Å². The molecule has 0 amide bonds. The van der Waals surface area contributed by atoms with Crippen LogP contribution in [-0.4, -0.2) is 13.2 Å². The van der Waals surface area contributed by atoms with E-state index >= 15 is 0 Å². The van der Waals surface area contributed by atoms with Gasteiger partial charge in [-0.3, -0.25) is 9.05 Å². The maximum atomic E-state index is 11.7. The Morgan fingerprint density at radius 2 is 0.594 bits per heavy atom. The van der Waals surface area contributed by atoms with Gasteiger partial charge in [0.15, 0.2) is 0 Å². The number of hydrogen-bond donors (Lipinski definition) is 0. The van der Waals surface area contributed by atoms with E-state index in [1.165, 1.54) is 141 Å². The van der Waals surface area contributed by atoms with Crippen LogP contribution in [0.5, 0.6) is 0 Å². The molecule has 0 unspecified atom stereocenters. The standard InChI is InChI=1S/C28H58O3P/c1-3-5-7-9-11-13-15-17-19-21-23-25-27-30-32(29)31-28-26-24-22-20-18-16-14-12-10-8-6-4-2/h3-28H2,1-2H3. The van der Waals surface area contributed by atoms with Gasteiger partial charge in [-0.1, -0.05) is 155 Å². The third kappa shape index (κ3) is 28.1. The number of hydrogen-bond acceptors (Lipinski definition) is 3. The van der Waals surface area contributed by atoms with E-state index in [4.69, 9.17) is 9.05 Å². The summed E-state index contributed by atoms with van der Waals surface area (Å²) in [6.45, 7) is 5.70. The van der Waals surface area contributed by atoms with Crippen molar-refractivity contribution in [3.8, 4) is 0 Å². The minimum atomic E-state index is -1.91. The molecule has 0 atom stereocenters. The van der Waals surface area contributed by atoms with Crippen molar-refractivity contribution in [2.75, 3.05) is 13.2 Å². The largest absolute Gasteiger partial charge is 0.368 e. The van der Waals surface area contributed by atoms with Crippen molar-refractivity contribution in [3.63, 3.8) is 0 Å². The summed E-state index contributed by atoms with van der Waals surface area (Å²) in [6.07, 6.45) is 31.9. The van der Waals surface area contributed by atoms with Crippen LogP contribution in [0.1, 0.15) is 168 Å². The lowest BCUT2D eigenvalue weighted by molar-refractivity contribution is 0.218. The SMILES string of the molecule is CCCCCCCCCCCCCCO[P](=O)OCCCCCCCCCCCCCC. The van der Waals surface area contributed by atoms with Crippen LogP contribution in [0.25, 0.3) is 0 Å². The third-order valence-corrected chi connectivity index (χ3v) is 7.18. The van der Waals surface area contributed by atoms with Gasteiger partial charge in [-0.05, 0) is 12.8 Å². The summed E-state index contributed by atoms with van der Waals surface area (Å²) < 4.78 is 22.4. The summed E-state index contributed by atoms with van der Waals surface area (Å²) in [4.78, 5) is 0. The fourth-order valence-electron chi connectivity index (χ4n) is 4.20. The molecule has 0 fully saturated rings. The molecule has 0 spiro atoms. The Balaban J connectivity index is 3.14. The van der Waals surface area contributed by atoms with Gasteiger partial charge in [0, 0.05) is 0 Å². The maximum Gasteiger partial charge on any atom is 0.368 e. The molecular formula is C28H58O3P. The van der Waals surface area contributed by atoms with E-state index in [1.54, 1.807) is 0 Å². The number of unbranched alkanes of at least 4 members (excludes halogenated alkanes) is 22. The van der Waals surface area contributed by atoms with E-state index in [0.29, 0.717) is 13.2 Å². The van der Waals surface area contributed by atoms with Gasteiger partial charge in [0.25, 0.3) is 0 Å². The normalized spacial score (nSPS) is 11.3. The second kappa shape index (κ2) is 29.1. The fraction of sp³-hybridized carbons (Fsp3) is 1.00. The smallest absolute Gasteiger partial charge is 0.283 e. The van der Waals surface area contributed by atoms with Crippen LogP contribution in [0.3, 0.4) is 0 Å². The van der Waals surface area contributed by atoms with Gasteiger partial charge < -0.3 is 0 Å². The van der Waals surface area contributed by atoms with Crippen molar-refractivity contribution < 1.29 is 13.6 Å². The van der Waals surface area contributed by atoms with Gasteiger partial charge in [0.1, 0.15) is 0 Å².